The van der Waals surface area contributed by atoms with Gasteiger partial charge < -0.3 is 9.72 Å². The highest BCUT2D eigenvalue weighted by Gasteiger charge is 2.26. The van der Waals surface area contributed by atoms with Gasteiger partial charge in [-0.1, -0.05) is 23.9 Å². The van der Waals surface area contributed by atoms with E-state index in [2.05, 4.69) is 9.97 Å². The van der Waals surface area contributed by atoms with E-state index < -0.39 is 5.97 Å². The Bertz CT molecular complexity index is 941. The van der Waals surface area contributed by atoms with Crippen molar-refractivity contribution in [1.29, 1.82) is 0 Å². The summed E-state index contributed by atoms with van der Waals surface area (Å²) in [5, 5.41) is -0.317. The van der Waals surface area contributed by atoms with Crippen LogP contribution in [-0.2, 0) is 4.74 Å². The first kappa shape index (κ1) is 18.7. The largest absolute Gasteiger partial charge is 0.462 e. The molecule has 3 aromatic rings. The van der Waals surface area contributed by atoms with Gasteiger partial charge in [0.2, 0.25) is 0 Å². The summed E-state index contributed by atoms with van der Waals surface area (Å²) in [6.07, 6.45) is 0. The molecule has 0 aliphatic heterocycles. The van der Waals surface area contributed by atoms with Crippen molar-refractivity contribution in [2.45, 2.75) is 37.3 Å². The van der Waals surface area contributed by atoms with E-state index in [0.29, 0.717) is 29.1 Å². The van der Waals surface area contributed by atoms with E-state index in [9.17, 15) is 9.59 Å². The average molecular weight is 389 g/mol. The topological polar surface area (TPSA) is 72.1 Å². The number of thioether (sulfide) groups is 1. The zero-order valence-corrected chi connectivity index (χ0v) is 16.7. The lowest BCUT2D eigenvalue weighted by Gasteiger charge is -2.08. The lowest BCUT2D eigenvalue weighted by atomic mass is 10.1. The second-order valence-corrected chi connectivity index (χ2v) is 8.54. The van der Waals surface area contributed by atoms with Gasteiger partial charge in [-0.15, -0.1) is 11.3 Å². The molecule has 0 spiro atoms. The minimum Gasteiger partial charge on any atom is -0.462 e. The number of aryl methyl sites for hydroxylation is 1. The Morgan fingerprint density at radius 1 is 1.31 bits per heavy atom. The highest BCUT2D eigenvalue weighted by Crippen LogP contribution is 2.33. The van der Waals surface area contributed by atoms with Crippen LogP contribution in [0.5, 0.6) is 0 Å². The monoisotopic (exact) mass is 388 g/mol. The van der Waals surface area contributed by atoms with Crippen LogP contribution in [0.25, 0.3) is 10.2 Å². The molecule has 7 heteroatoms. The number of aromatic nitrogens is 2. The summed E-state index contributed by atoms with van der Waals surface area (Å²) in [7, 11) is 0. The molecule has 2 aromatic heterocycles. The number of nitrogens with one attached hydrogen (secondary N) is 1. The van der Waals surface area contributed by atoms with Crippen LogP contribution in [0.15, 0.2) is 28.6 Å². The zero-order chi connectivity index (χ0) is 18.8. The smallest absolute Gasteiger partial charge is 0.340 e. The number of Topliss-reactive ketones (excluding diaryl/α,β-unsaturated/α-hetero) is 1. The molecule has 1 N–H and O–H groups in total. The fraction of sp³-hybridized carbons (Fsp3) is 0.316. The van der Waals surface area contributed by atoms with Crippen LogP contribution in [0.3, 0.4) is 0 Å². The van der Waals surface area contributed by atoms with Crippen molar-refractivity contribution in [2.75, 3.05) is 6.61 Å². The van der Waals surface area contributed by atoms with Gasteiger partial charge in [0.25, 0.3) is 0 Å². The maximum Gasteiger partial charge on any atom is 0.340 e. The fourth-order valence-electron chi connectivity index (χ4n) is 2.82. The number of aromatic amines is 1. The van der Waals surface area contributed by atoms with Crippen molar-refractivity contribution < 1.29 is 14.3 Å². The lowest BCUT2D eigenvalue weighted by Crippen LogP contribution is -2.15. The number of rotatable bonds is 6. The SMILES string of the molecule is CCOC(=O)c1c(C)[nH]c(C(=O)[C@@H](C)Sc2nc3ccccc3s2)c1C. The van der Waals surface area contributed by atoms with Crippen molar-refractivity contribution in [3.8, 4) is 0 Å². The van der Waals surface area contributed by atoms with Crippen LogP contribution in [0, 0.1) is 13.8 Å². The summed E-state index contributed by atoms with van der Waals surface area (Å²) in [5.41, 5.74) is 3.15. The third-order valence-corrected chi connectivity index (χ3v) is 6.31. The van der Waals surface area contributed by atoms with E-state index in [4.69, 9.17) is 4.74 Å². The number of ketones is 1. The summed E-state index contributed by atoms with van der Waals surface area (Å²) in [6, 6.07) is 7.92. The summed E-state index contributed by atoms with van der Waals surface area (Å²) < 4.78 is 7.05. The van der Waals surface area contributed by atoms with E-state index >= 15 is 0 Å². The van der Waals surface area contributed by atoms with Gasteiger partial charge in [0.1, 0.15) is 0 Å². The summed E-state index contributed by atoms with van der Waals surface area (Å²) >= 11 is 3.01. The Balaban J connectivity index is 1.82. The first-order chi connectivity index (χ1) is 12.4. The normalized spacial score (nSPS) is 12.3. The van der Waals surface area contributed by atoms with Crippen molar-refractivity contribution in [3.63, 3.8) is 0 Å². The number of nitrogens with zero attached hydrogens (tertiary/aromatic N) is 1. The van der Waals surface area contributed by atoms with Crippen LogP contribution in [0.4, 0.5) is 0 Å². The van der Waals surface area contributed by atoms with E-state index in [1.807, 2.05) is 31.2 Å². The van der Waals surface area contributed by atoms with Crippen LogP contribution in [-0.4, -0.2) is 33.6 Å². The number of benzene rings is 1. The molecule has 0 amide bonds. The number of para-hydroxylation sites is 1. The number of ether oxygens (including phenoxy) is 1. The van der Waals surface area contributed by atoms with Crippen LogP contribution < -0.4 is 0 Å². The molecule has 1 aromatic carbocycles. The number of hydrogen-bond donors (Lipinski definition) is 1. The first-order valence-corrected chi connectivity index (χ1v) is 10.0. The van der Waals surface area contributed by atoms with Crippen LogP contribution in [0.1, 0.15) is 46.0 Å². The number of hydrogen-bond acceptors (Lipinski definition) is 6. The van der Waals surface area contributed by atoms with Gasteiger partial charge in [0, 0.05) is 5.69 Å². The molecule has 26 heavy (non-hydrogen) atoms. The molecular formula is C19H20N2O3S2. The van der Waals surface area contributed by atoms with Crippen molar-refractivity contribution in [2.24, 2.45) is 0 Å². The highest BCUT2D eigenvalue weighted by molar-refractivity contribution is 8.02. The zero-order valence-electron chi connectivity index (χ0n) is 15.1. The molecule has 0 saturated carbocycles. The fourth-order valence-corrected chi connectivity index (χ4v) is 5.09. The molecule has 0 unspecified atom stereocenters. The molecule has 0 saturated heterocycles. The Morgan fingerprint density at radius 2 is 2.04 bits per heavy atom. The van der Waals surface area contributed by atoms with Crippen molar-refractivity contribution in [1.82, 2.24) is 9.97 Å². The number of fused-ring (bicyclic) bond motifs is 1. The molecule has 2 heterocycles. The minimum atomic E-state index is -0.399. The van der Waals surface area contributed by atoms with Gasteiger partial charge in [-0.05, 0) is 45.4 Å². The van der Waals surface area contributed by atoms with Gasteiger partial charge in [-0.3, -0.25) is 4.79 Å². The van der Waals surface area contributed by atoms with Crippen molar-refractivity contribution >= 4 is 45.1 Å². The van der Waals surface area contributed by atoms with Gasteiger partial charge in [0.15, 0.2) is 10.1 Å². The van der Waals surface area contributed by atoms with Gasteiger partial charge >= 0.3 is 5.97 Å². The molecule has 0 bridgehead atoms. The second-order valence-electron chi connectivity index (χ2n) is 5.92. The van der Waals surface area contributed by atoms with E-state index in [1.54, 1.807) is 32.1 Å². The first-order valence-electron chi connectivity index (χ1n) is 8.35. The third kappa shape index (κ3) is 3.54. The Hall–Kier alpha value is -2.12. The maximum atomic E-state index is 12.9. The van der Waals surface area contributed by atoms with Crippen molar-refractivity contribution in [3.05, 3.63) is 46.8 Å². The van der Waals surface area contributed by atoms with Crippen LogP contribution in [0.2, 0.25) is 0 Å². The second kappa shape index (κ2) is 7.63. The Kier molecular flexibility index (Phi) is 5.48. The van der Waals surface area contributed by atoms with Gasteiger partial charge in [0.05, 0.1) is 33.3 Å². The molecule has 0 aliphatic rings. The minimum absolute atomic E-state index is 0.0506. The molecule has 3 rings (SSSR count). The molecule has 5 nitrogen and oxygen atoms in total. The molecular weight excluding hydrogens is 368 g/mol. The predicted octanol–water partition coefficient (Wildman–Crippen LogP) is 4.78. The molecule has 0 radical (unpaired) electrons. The lowest BCUT2D eigenvalue weighted by molar-refractivity contribution is 0.0525. The Labute approximate surface area is 160 Å². The average Bonchev–Trinajstić information content (AvgIpc) is 3.14. The number of H-pyrrole nitrogens is 1. The van der Waals surface area contributed by atoms with Gasteiger partial charge in [-0.2, -0.15) is 0 Å². The highest BCUT2D eigenvalue weighted by atomic mass is 32.2. The molecule has 136 valence electrons. The summed E-state index contributed by atoms with van der Waals surface area (Å²) in [4.78, 5) is 32.7. The summed E-state index contributed by atoms with van der Waals surface area (Å²) in [6.45, 7) is 7.48. The van der Waals surface area contributed by atoms with Crippen LogP contribution >= 0.6 is 23.1 Å². The molecule has 0 aliphatic carbocycles. The van der Waals surface area contributed by atoms with Gasteiger partial charge in [-0.25, -0.2) is 9.78 Å². The number of carbonyl (C=O) groups excluding carboxylic acids is 2. The van der Waals surface area contributed by atoms with E-state index in [1.165, 1.54) is 11.8 Å². The third-order valence-electron chi connectivity index (χ3n) is 4.08. The number of esters is 1. The Morgan fingerprint density at radius 3 is 2.73 bits per heavy atom. The predicted molar refractivity (Wildman–Crippen MR) is 105 cm³/mol. The maximum absolute atomic E-state index is 12.9. The van der Waals surface area contributed by atoms with E-state index in [0.717, 1.165) is 14.6 Å². The number of carbonyl (C=O) groups is 2. The molecule has 0 fully saturated rings. The summed E-state index contributed by atoms with van der Waals surface area (Å²) in [5.74, 6) is -0.449. The number of thiazole rings is 1. The van der Waals surface area contributed by atoms with E-state index in [-0.39, 0.29) is 11.0 Å². The quantitative estimate of drug-likeness (QED) is 0.374. The molecule has 1 atom stereocenters. The standard InChI is InChI=1S/C19H20N2O3S2/c1-5-24-18(23)15-10(2)16(20-11(15)3)17(22)12(4)25-19-21-13-8-6-7-9-14(13)26-19/h6-9,12,20H,5H2,1-4H3/t12-/m1/s1.